The van der Waals surface area contributed by atoms with Crippen LogP contribution in [-0.4, -0.2) is 37.3 Å². The van der Waals surface area contributed by atoms with Crippen LogP contribution in [0.5, 0.6) is 0 Å². The zero-order valence-electron chi connectivity index (χ0n) is 7.67. The van der Waals surface area contributed by atoms with Crippen molar-refractivity contribution in [3.8, 4) is 0 Å². The Morgan fingerprint density at radius 3 is 2.86 bits per heavy atom. The van der Waals surface area contributed by atoms with Gasteiger partial charge in [-0.1, -0.05) is 0 Å². The molecule has 1 heterocycles. The summed E-state index contributed by atoms with van der Waals surface area (Å²) in [5.74, 6) is -0.0521. The highest BCUT2D eigenvalue weighted by molar-refractivity contribution is 7.89. The van der Waals surface area contributed by atoms with E-state index in [1.54, 1.807) is 0 Å². The normalized spacial score (nSPS) is 11.5. The molecular weight excluding hydrogens is 206 g/mol. The molecule has 0 saturated heterocycles. The third kappa shape index (κ3) is 2.93. The lowest BCUT2D eigenvalue weighted by Crippen LogP contribution is -2.24. The summed E-state index contributed by atoms with van der Waals surface area (Å²) in [5.41, 5.74) is 0.437. The number of rotatable bonds is 5. The van der Waals surface area contributed by atoms with E-state index in [1.807, 2.05) is 0 Å². The summed E-state index contributed by atoms with van der Waals surface area (Å²) in [4.78, 5) is 10.3. The second-order valence-corrected chi connectivity index (χ2v) is 4.72. The summed E-state index contributed by atoms with van der Waals surface area (Å²) in [6.07, 6.45) is 3.55. The van der Waals surface area contributed by atoms with Crippen molar-refractivity contribution in [3.63, 3.8) is 0 Å². The summed E-state index contributed by atoms with van der Waals surface area (Å²) in [6.45, 7) is 0.233. The summed E-state index contributed by atoms with van der Waals surface area (Å²) < 4.78 is 25.7. The molecule has 0 unspecified atom stereocenters. The molecule has 0 radical (unpaired) electrons. The first-order chi connectivity index (χ1) is 6.57. The molecule has 0 aliphatic carbocycles. The van der Waals surface area contributed by atoms with E-state index in [4.69, 9.17) is 0 Å². The van der Waals surface area contributed by atoms with Crippen LogP contribution in [0.4, 0.5) is 0 Å². The van der Waals surface area contributed by atoms with Gasteiger partial charge in [0.15, 0.2) is 6.29 Å². The monoisotopic (exact) mass is 217 g/mol. The van der Waals surface area contributed by atoms with E-state index in [0.717, 1.165) is 0 Å². The quantitative estimate of drug-likeness (QED) is 0.658. The van der Waals surface area contributed by atoms with E-state index in [2.05, 4.69) is 9.82 Å². The van der Waals surface area contributed by atoms with Crippen LogP contribution in [0, 0.1) is 0 Å². The lowest BCUT2D eigenvalue weighted by molar-refractivity contribution is 0.112. The number of nitrogens with zero attached hydrogens (tertiary/aromatic N) is 2. The number of hydrogen-bond donors (Lipinski definition) is 1. The molecule has 0 amide bonds. The van der Waals surface area contributed by atoms with Gasteiger partial charge in [-0.3, -0.25) is 9.48 Å². The third-order valence-corrected chi connectivity index (χ3v) is 3.03. The van der Waals surface area contributed by atoms with E-state index in [1.165, 1.54) is 24.1 Å². The van der Waals surface area contributed by atoms with Crippen LogP contribution in [-0.2, 0) is 16.6 Å². The fraction of sp³-hybridized carbons (Fsp3) is 0.429. The molecule has 0 aliphatic rings. The van der Waals surface area contributed by atoms with Gasteiger partial charge in [0.25, 0.3) is 0 Å². The van der Waals surface area contributed by atoms with Crippen LogP contribution in [0.2, 0.25) is 0 Å². The molecule has 0 bridgehead atoms. The molecule has 7 heteroatoms. The summed E-state index contributed by atoms with van der Waals surface area (Å²) in [6, 6.07) is 0. The van der Waals surface area contributed by atoms with Crippen molar-refractivity contribution >= 4 is 16.3 Å². The highest BCUT2D eigenvalue weighted by Crippen LogP contribution is 1.94. The Bertz CT molecular complexity index is 410. The van der Waals surface area contributed by atoms with Crippen molar-refractivity contribution in [2.75, 3.05) is 12.8 Å². The van der Waals surface area contributed by atoms with Gasteiger partial charge >= 0.3 is 0 Å². The minimum absolute atomic E-state index is 0.0521. The number of aromatic nitrogens is 2. The van der Waals surface area contributed by atoms with Crippen LogP contribution in [0.1, 0.15) is 10.4 Å². The smallest absolute Gasteiger partial charge is 0.213 e. The second kappa shape index (κ2) is 4.34. The molecule has 0 fully saturated rings. The van der Waals surface area contributed by atoms with Gasteiger partial charge in [0.1, 0.15) is 0 Å². The van der Waals surface area contributed by atoms with Gasteiger partial charge in [-0.05, 0) is 7.05 Å². The highest BCUT2D eigenvalue weighted by Gasteiger charge is 2.07. The maximum absolute atomic E-state index is 11.0. The number of aldehydes is 1. The summed E-state index contributed by atoms with van der Waals surface area (Å²) >= 11 is 0. The zero-order chi connectivity index (χ0) is 10.6. The lowest BCUT2D eigenvalue weighted by Gasteiger charge is -2.01. The van der Waals surface area contributed by atoms with Crippen LogP contribution in [0.3, 0.4) is 0 Å². The van der Waals surface area contributed by atoms with E-state index in [0.29, 0.717) is 11.8 Å². The maximum atomic E-state index is 11.0. The van der Waals surface area contributed by atoms with E-state index < -0.39 is 10.0 Å². The van der Waals surface area contributed by atoms with Gasteiger partial charge in [0.2, 0.25) is 10.0 Å². The van der Waals surface area contributed by atoms with Crippen LogP contribution < -0.4 is 4.72 Å². The maximum Gasteiger partial charge on any atom is 0.213 e. The molecule has 1 aromatic heterocycles. The Hall–Kier alpha value is -1.21. The molecule has 0 atom stereocenters. The number of carbonyl (C=O) groups excluding carboxylic acids is 1. The minimum atomic E-state index is -3.21. The second-order valence-electron chi connectivity index (χ2n) is 2.68. The standard InChI is InChI=1S/C7H11N3O3S/c1-8-14(12,13)3-2-10-5-7(6-11)4-9-10/h4-6,8H,2-3H2,1H3. The third-order valence-electron chi connectivity index (χ3n) is 1.69. The first kappa shape index (κ1) is 10.9. The Labute approximate surface area is 82.0 Å². The molecule has 0 aromatic carbocycles. The predicted molar refractivity (Wildman–Crippen MR) is 50.5 cm³/mol. The van der Waals surface area contributed by atoms with Crippen LogP contribution in [0.15, 0.2) is 12.4 Å². The van der Waals surface area contributed by atoms with Gasteiger partial charge in [0.05, 0.1) is 24.1 Å². The molecular formula is C7H11N3O3S. The molecule has 1 rings (SSSR count). The Kier molecular flexibility index (Phi) is 3.37. The van der Waals surface area contributed by atoms with Crippen molar-refractivity contribution in [1.29, 1.82) is 0 Å². The first-order valence-electron chi connectivity index (χ1n) is 3.96. The molecule has 6 nitrogen and oxygen atoms in total. The molecule has 0 spiro atoms. The van der Waals surface area contributed by atoms with Crippen LogP contribution >= 0.6 is 0 Å². The lowest BCUT2D eigenvalue weighted by atomic mass is 10.4. The summed E-state index contributed by atoms with van der Waals surface area (Å²) in [5, 5.41) is 3.82. The van der Waals surface area contributed by atoms with Gasteiger partial charge in [-0.2, -0.15) is 5.10 Å². The van der Waals surface area contributed by atoms with Gasteiger partial charge < -0.3 is 0 Å². The number of hydrogen-bond acceptors (Lipinski definition) is 4. The number of sulfonamides is 1. The molecule has 0 aliphatic heterocycles. The predicted octanol–water partition coefficient (Wildman–Crippen LogP) is -0.755. The fourth-order valence-corrected chi connectivity index (χ4v) is 1.51. The molecule has 0 saturated carbocycles. The molecule has 1 aromatic rings. The largest absolute Gasteiger partial charge is 0.298 e. The SMILES string of the molecule is CNS(=O)(=O)CCn1cc(C=O)cn1. The average Bonchev–Trinajstić information content (AvgIpc) is 2.63. The Morgan fingerprint density at radius 1 is 1.64 bits per heavy atom. The van der Waals surface area contributed by atoms with Crippen molar-refractivity contribution in [3.05, 3.63) is 18.0 Å². The van der Waals surface area contributed by atoms with Crippen molar-refractivity contribution in [2.45, 2.75) is 6.54 Å². The van der Waals surface area contributed by atoms with Gasteiger partial charge in [-0.25, -0.2) is 13.1 Å². The van der Waals surface area contributed by atoms with Crippen molar-refractivity contribution in [2.24, 2.45) is 0 Å². The molecule has 1 N–H and O–H groups in total. The van der Waals surface area contributed by atoms with Gasteiger partial charge in [0, 0.05) is 6.20 Å². The fourth-order valence-electron chi connectivity index (χ4n) is 0.878. The number of aryl methyl sites for hydroxylation is 1. The van der Waals surface area contributed by atoms with E-state index >= 15 is 0 Å². The summed E-state index contributed by atoms with van der Waals surface area (Å²) in [7, 11) is -1.86. The zero-order valence-corrected chi connectivity index (χ0v) is 8.49. The first-order valence-corrected chi connectivity index (χ1v) is 5.61. The van der Waals surface area contributed by atoms with Crippen molar-refractivity contribution < 1.29 is 13.2 Å². The van der Waals surface area contributed by atoms with Crippen LogP contribution in [0.25, 0.3) is 0 Å². The topological polar surface area (TPSA) is 81.1 Å². The average molecular weight is 217 g/mol. The molecule has 78 valence electrons. The van der Waals surface area contributed by atoms with E-state index in [9.17, 15) is 13.2 Å². The van der Waals surface area contributed by atoms with Crippen molar-refractivity contribution in [1.82, 2.24) is 14.5 Å². The minimum Gasteiger partial charge on any atom is -0.298 e. The van der Waals surface area contributed by atoms with Gasteiger partial charge in [-0.15, -0.1) is 0 Å². The molecule has 14 heavy (non-hydrogen) atoms. The number of nitrogens with one attached hydrogen (secondary N) is 1. The number of carbonyl (C=O) groups is 1. The Balaban J connectivity index is 2.58. The Morgan fingerprint density at radius 2 is 2.36 bits per heavy atom. The highest BCUT2D eigenvalue weighted by atomic mass is 32.2. The van der Waals surface area contributed by atoms with E-state index in [-0.39, 0.29) is 12.3 Å².